The Morgan fingerprint density at radius 1 is 1.27 bits per heavy atom. The van der Waals surface area contributed by atoms with Crippen LogP contribution in [0.4, 0.5) is 0 Å². The van der Waals surface area contributed by atoms with E-state index in [-0.39, 0.29) is 11.8 Å². The Labute approximate surface area is 129 Å². The van der Waals surface area contributed by atoms with Crippen molar-refractivity contribution in [2.75, 3.05) is 6.61 Å². The summed E-state index contributed by atoms with van der Waals surface area (Å²) in [6.45, 7) is 1.99. The summed E-state index contributed by atoms with van der Waals surface area (Å²) in [6, 6.07) is 7.01. The van der Waals surface area contributed by atoms with Crippen molar-refractivity contribution >= 4 is 11.9 Å². The Morgan fingerprint density at radius 2 is 2.00 bits per heavy atom. The van der Waals surface area contributed by atoms with Gasteiger partial charge in [0.1, 0.15) is 5.75 Å². The van der Waals surface area contributed by atoms with Crippen LogP contribution in [-0.2, 0) is 9.59 Å². The number of carboxylic acids is 2. The lowest BCUT2D eigenvalue weighted by Crippen LogP contribution is -2.31. The molecule has 2 N–H and O–H groups in total. The maximum atomic E-state index is 11.3. The highest BCUT2D eigenvalue weighted by Crippen LogP contribution is 2.31. The molecule has 120 valence electrons. The summed E-state index contributed by atoms with van der Waals surface area (Å²) in [5.41, 5.74) is 0.684. The van der Waals surface area contributed by atoms with E-state index in [1.54, 1.807) is 31.2 Å². The number of aliphatic carboxylic acids is 2. The van der Waals surface area contributed by atoms with Gasteiger partial charge in [0.15, 0.2) is 0 Å². The number of hydrogen-bond acceptors (Lipinski definition) is 3. The van der Waals surface area contributed by atoms with Crippen LogP contribution < -0.4 is 4.74 Å². The molecule has 0 heterocycles. The number of benzene rings is 1. The van der Waals surface area contributed by atoms with Crippen molar-refractivity contribution in [3.63, 3.8) is 0 Å². The largest absolute Gasteiger partial charge is 0.493 e. The van der Waals surface area contributed by atoms with Crippen LogP contribution in [0.3, 0.4) is 0 Å². The maximum Gasteiger partial charge on any atom is 0.310 e. The normalized spacial score (nSPS) is 22.8. The second-order valence-corrected chi connectivity index (χ2v) is 5.93. The number of carbonyl (C=O) groups is 2. The molecule has 0 aromatic heterocycles. The van der Waals surface area contributed by atoms with Crippen LogP contribution in [0.5, 0.6) is 5.75 Å². The lowest BCUT2D eigenvalue weighted by molar-refractivity contribution is -0.145. The Balaban J connectivity index is 2.00. The molecule has 0 aliphatic heterocycles. The zero-order valence-electron chi connectivity index (χ0n) is 12.7. The minimum Gasteiger partial charge on any atom is -0.493 e. The molecule has 2 rings (SSSR count). The monoisotopic (exact) mass is 306 g/mol. The second kappa shape index (κ2) is 7.29. The molecule has 1 fully saturated rings. The van der Waals surface area contributed by atoms with Crippen molar-refractivity contribution in [1.82, 2.24) is 0 Å². The van der Waals surface area contributed by atoms with Gasteiger partial charge in [0.2, 0.25) is 0 Å². The van der Waals surface area contributed by atoms with Crippen LogP contribution in [0.2, 0.25) is 0 Å². The Morgan fingerprint density at radius 3 is 2.68 bits per heavy atom. The molecule has 1 aliphatic rings. The molecule has 22 heavy (non-hydrogen) atoms. The zero-order valence-corrected chi connectivity index (χ0v) is 12.7. The smallest absolute Gasteiger partial charge is 0.310 e. The van der Waals surface area contributed by atoms with Gasteiger partial charge in [0.05, 0.1) is 18.4 Å². The first-order valence-corrected chi connectivity index (χ1v) is 7.67. The summed E-state index contributed by atoms with van der Waals surface area (Å²) in [4.78, 5) is 22.3. The lowest BCUT2D eigenvalue weighted by Gasteiger charge is -2.28. The van der Waals surface area contributed by atoms with Gasteiger partial charge in [0.25, 0.3) is 0 Å². The van der Waals surface area contributed by atoms with Gasteiger partial charge in [-0.05, 0) is 37.5 Å². The minimum absolute atomic E-state index is 0.0202. The number of rotatable bonds is 6. The molecule has 3 atom stereocenters. The molecule has 0 bridgehead atoms. The second-order valence-electron chi connectivity index (χ2n) is 5.93. The van der Waals surface area contributed by atoms with Gasteiger partial charge in [-0.3, -0.25) is 9.59 Å². The van der Waals surface area contributed by atoms with Crippen LogP contribution in [0.1, 0.15) is 44.1 Å². The molecule has 0 spiro atoms. The minimum atomic E-state index is -0.879. The van der Waals surface area contributed by atoms with Crippen LogP contribution in [0.25, 0.3) is 0 Å². The van der Waals surface area contributed by atoms with Crippen LogP contribution in [-0.4, -0.2) is 28.8 Å². The lowest BCUT2D eigenvalue weighted by atomic mass is 9.80. The third-order valence-corrected chi connectivity index (χ3v) is 4.42. The summed E-state index contributed by atoms with van der Waals surface area (Å²) >= 11 is 0. The van der Waals surface area contributed by atoms with Crippen molar-refractivity contribution in [1.29, 1.82) is 0 Å². The Bertz CT molecular complexity index is 540. The molecule has 1 aromatic carbocycles. The highest BCUT2D eigenvalue weighted by Gasteiger charge is 2.31. The SMILES string of the molecule is CC(C(=O)O)c1cccc(OCC2CCCCC2C(=O)O)c1. The van der Waals surface area contributed by atoms with Crippen molar-refractivity contribution < 1.29 is 24.5 Å². The topological polar surface area (TPSA) is 83.8 Å². The molecule has 3 unspecified atom stereocenters. The third-order valence-electron chi connectivity index (χ3n) is 4.42. The van der Waals surface area contributed by atoms with E-state index in [9.17, 15) is 14.7 Å². The van der Waals surface area contributed by atoms with E-state index >= 15 is 0 Å². The maximum absolute atomic E-state index is 11.3. The molecular formula is C17H22O5. The summed E-state index contributed by atoms with van der Waals surface area (Å²) in [7, 11) is 0. The first-order valence-electron chi connectivity index (χ1n) is 7.67. The van der Waals surface area contributed by atoms with Crippen LogP contribution in [0.15, 0.2) is 24.3 Å². The Kier molecular flexibility index (Phi) is 5.41. The fraction of sp³-hybridized carbons (Fsp3) is 0.529. The molecule has 0 saturated heterocycles. The summed E-state index contributed by atoms with van der Waals surface area (Å²) in [5, 5.41) is 18.3. The van der Waals surface area contributed by atoms with Crippen molar-refractivity contribution in [2.24, 2.45) is 11.8 Å². The zero-order chi connectivity index (χ0) is 16.1. The van der Waals surface area contributed by atoms with Gasteiger partial charge in [0, 0.05) is 5.92 Å². The van der Waals surface area contributed by atoms with E-state index in [0.717, 1.165) is 19.3 Å². The number of ether oxygens (including phenoxy) is 1. The van der Waals surface area contributed by atoms with E-state index in [4.69, 9.17) is 9.84 Å². The molecular weight excluding hydrogens is 284 g/mol. The molecule has 1 aromatic rings. The molecule has 1 aliphatic carbocycles. The van der Waals surface area contributed by atoms with Crippen molar-refractivity contribution in [3.05, 3.63) is 29.8 Å². The van der Waals surface area contributed by atoms with Gasteiger partial charge in [-0.25, -0.2) is 0 Å². The summed E-state index contributed by atoms with van der Waals surface area (Å²) in [5.74, 6) is -1.94. The van der Waals surface area contributed by atoms with Gasteiger partial charge in [-0.2, -0.15) is 0 Å². The predicted octanol–water partition coefficient (Wildman–Crippen LogP) is 3.14. The molecule has 1 saturated carbocycles. The van der Waals surface area contributed by atoms with Crippen LogP contribution in [0, 0.1) is 11.8 Å². The first kappa shape index (κ1) is 16.3. The quantitative estimate of drug-likeness (QED) is 0.843. The first-order chi connectivity index (χ1) is 10.5. The van der Waals surface area contributed by atoms with E-state index in [1.807, 2.05) is 0 Å². The Hall–Kier alpha value is -2.04. The highest BCUT2D eigenvalue weighted by atomic mass is 16.5. The molecule has 5 nitrogen and oxygen atoms in total. The summed E-state index contributed by atoms with van der Waals surface area (Å²) in [6.07, 6.45) is 3.56. The van der Waals surface area contributed by atoms with Gasteiger partial charge < -0.3 is 14.9 Å². The molecule has 5 heteroatoms. The number of carboxylic acid groups (broad SMARTS) is 2. The molecule has 0 radical (unpaired) electrons. The number of hydrogen-bond donors (Lipinski definition) is 2. The fourth-order valence-electron chi connectivity index (χ4n) is 2.95. The van der Waals surface area contributed by atoms with Gasteiger partial charge >= 0.3 is 11.9 Å². The van der Waals surface area contributed by atoms with Gasteiger partial charge in [-0.15, -0.1) is 0 Å². The van der Waals surface area contributed by atoms with E-state index in [0.29, 0.717) is 24.3 Å². The molecule has 0 amide bonds. The van der Waals surface area contributed by atoms with Crippen LogP contribution >= 0.6 is 0 Å². The van der Waals surface area contributed by atoms with Crippen molar-refractivity contribution in [2.45, 2.75) is 38.5 Å². The van der Waals surface area contributed by atoms with E-state index in [1.165, 1.54) is 0 Å². The summed E-state index contributed by atoms with van der Waals surface area (Å²) < 4.78 is 5.74. The third kappa shape index (κ3) is 4.00. The standard InChI is InChI=1S/C17H22O5/c1-11(16(18)19)12-6-4-7-14(9-12)22-10-13-5-2-3-8-15(13)17(20)21/h4,6-7,9,11,13,15H,2-3,5,8,10H2,1H3,(H,18,19)(H,20,21). The predicted molar refractivity (Wildman–Crippen MR) is 81.1 cm³/mol. The van der Waals surface area contributed by atoms with E-state index < -0.39 is 17.9 Å². The van der Waals surface area contributed by atoms with E-state index in [2.05, 4.69) is 0 Å². The fourth-order valence-corrected chi connectivity index (χ4v) is 2.95. The highest BCUT2D eigenvalue weighted by molar-refractivity contribution is 5.75. The van der Waals surface area contributed by atoms with Crippen molar-refractivity contribution in [3.8, 4) is 5.75 Å². The average molecular weight is 306 g/mol. The van der Waals surface area contributed by atoms with Gasteiger partial charge in [-0.1, -0.05) is 25.0 Å². The average Bonchev–Trinajstić information content (AvgIpc) is 2.52.